The summed E-state index contributed by atoms with van der Waals surface area (Å²) in [5.41, 5.74) is 0.898. The summed E-state index contributed by atoms with van der Waals surface area (Å²) in [6.45, 7) is 3.33. The minimum Gasteiger partial charge on any atom is -0.480 e. The Morgan fingerprint density at radius 3 is 2.80 bits per heavy atom. The summed E-state index contributed by atoms with van der Waals surface area (Å²) in [5, 5.41) is 16.3. The Morgan fingerprint density at radius 1 is 1.53 bits per heavy atom. The average Bonchev–Trinajstić information content (AvgIpc) is 2.72. The van der Waals surface area contributed by atoms with Gasteiger partial charge < -0.3 is 10.4 Å². The van der Waals surface area contributed by atoms with E-state index in [1.54, 1.807) is 11.3 Å². The molecular formula is C10H14N2O2S. The lowest BCUT2D eigenvalue weighted by atomic mass is 10.1. The van der Waals surface area contributed by atoms with Crippen molar-refractivity contribution in [1.29, 1.82) is 0 Å². The van der Waals surface area contributed by atoms with Crippen LogP contribution in [0.5, 0.6) is 0 Å². The number of nitrogens with zero attached hydrogens (tertiary/aromatic N) is 1. The normalized spacial score (nSPS) is 20.0. The maximum absolute atomic E-state index is 11.2. The van der Waals surface area contributed by atoms with E-state index in [4.69, 9.17) is 0 Å². The molecule has 2 heterocycles. The first-order valence-electron chi connectivity index (χ1n) is 4.98. The quantitative estimate of drug-likeness (QED) is 0.799. The molecule has 1 aromatic rings. The number of carboxylic acid groups (broad SMARTS) is 1. The monoisotopic (exact) mass is 226 g/mol. The molecule has 1 atom stereocenters. The van der Waals surface area contributed by atoms with Crippen molar-refractivity contribution in [3.05, 3.63) is 22.4 Å². The van der Waals surface area contributed by atoms with Crippen molar-refractivity contribution in [3.8, 4) is 0 Å². The molecule has 82 valence electrons. The molecular weight excluding hydrogens is 212 g/mol. The van der Waals surface area contributed by atoms with Crippen molar-refractivity contribution >= 4 is 17.3 Å². The van der Waals surface area contributed by atoms with Gasteiger partial charge in [-0.2, -0.15) is 11.3 Å². The summed E-state index contributed by atoms with van der Waals surface area (Å²) < 4.78 is 0. The predicted molar refractivity (Wildman–Crippen MR) is 59.1 cm³/mol. The number of carboxylic acids is 1. The summed E-state index contributed by atoms with van der Waals surface area (Å²) in [5.74, 6) is -0.754. The third-order valence-corrected chi connectivity index (χ3v) is 3.31. The van der Waals surface area contributed by atoms with E-state index in [-0.39, 0.29) is 0 Å². The van der Waals surface area contributed by atoms with Gasteiger partial charge in [0.25, 0.3) is 0 Å². The summed E-state index contributed by atoms with van der Waals surface area (Å²) in [4.78, 5) is 13.3. The van der Waals surface area contributed by atoms with Crippen molar-refractivity contribution in [3.63, 3.8) is 0 Å². The van der Waals surface area contributed by atoms with Crippen LogP contribution in [0.25, 0.3) is 0 Å². The summed E-state index contributed by atoms with van der Waals surface area (Å²) >= 11 is 1.54. The zero-order valence-corrected chi connectivity index (χ0v) is 9.17. The highest BCUT2D eigenvalue weighted by atomic mass is 32.1. The highest BCUT2D eigenvalue weighted by Crippen LogP contribution is 2.23. The van der Waals surface area contributed by atoms with Crippen molar-refractivity contribution in [2.75, 3.05) is 26.2 Å². The van der Waals surface area contributed by atoms with Crippen molar-refractivity contribution in [1.82, 2.24) is 10.2 Å². The molecule has 5 heteroatoms. The van der Waals surface area contributed by atoms with Gasteiger partial charge >= 0.3 is 5.97 Å². The van der Waals surface area contributed by atoms with Crippen molar-refractivity contribution in [2.45, 2.75) is 6.04 Å². The lowest BCUT2D eigenvalue weighted by Crippen LogP contribution is -2.47. The highest BCUT2D eigenvalue weighted by Gasteiger charge is 2.28. The smallest absolute Gasteiger partial charge is 0.325 e. The van der Waals surface area contributed by atoms with E-state index in [2.05, 4.69) is 5.32 Å². The van der Waals surface area contributed by atoms with Gasteiger partial charge in [-0.05, 0) is 22.4 Å². The number of nitrogens with one attached hydrogen (secondary N) is 1. The Labute approximate surface area is 92.5 Å². The predicted octanol–water partition coefficient (Wildman–Crippen LogP) is 0.779. The van der Waals surface area contributed by atoms with Crippen LogP contribution in [0.1, 0.15) is 11.6 Å². The topological polar surface area (TPSA) is 52.6 Å². The lowest BCUT2D eigenvalue weighted by molar-refractivity contribution is -0.143. The molecule has 4 nitrogen and oxygen atoms in total. The van der Waals surface area contributed by atoms with Crippen LogP contribution in [0.3, 0.4) is 0 Å². The van der Waals surface area contributed by atoms with Gasteiger partial charge in [0.15, 0.2) is 0 Å². The second kappa shape index (κ2) is 4.74. The van der Waals surface area contributed by atoms with Crippen LogP contribution >= 0.6 is 11.3 Å². The second-order valence-corrected chi connectivity index (χ2v) is 4.36. The van der Waals surface area contributed by atoms with Gasteiger partial charge in [-0.1, -0.05) is 0 Å². The molecule has 2 rings (SSSR count). The molecule has 1 aliphatic rings. The third kappa shape index (κ3) is 2.37. The molecule has 2 N–H and O–H groups in total. The van der Waals surface area contributed by atoms with Crippen molar-refractivity contribution in [2.24, 2.45) is 0 Å². The molecule has 15 heavy (non-hydrogen) atoms. The standard InChI is InChI=1S/C10H14N2O2S/c13-10(14)9(8-1-6-15-7-8)12-4-2-11-3-5-12/h1,6-7,9,11H,2-5H2,(H,13,14)/t9-/m0/s1. The molecule has 1 fully saturated rings. The molecule has 0 unspecified atom stereocenters. The fourth-order valence-electron chi connectivity index (χ4n) is 1.88. The van der Waals surface area contributed by atoms with E-state index in [0.29, 0.717) is 0 Å². The number of carbonyl (C=O) groups is 1. The third-order valence-electron chi connectivity index (χ3n) is 2.61. The average molecular weight is 226 g/mol. The van der Waals surface area contributed by atoms with E-state index < -0.39 is 12.0 Å². The first-order valence-corrected chi connectivity index (χ1v) is 5.93. The SMILES string of the molecule is O=C(O)[C@H](c1ccsc1)N1CCNCC1. The van der Waals surface area contributed by atoms with Gasteiger partial charge in [-0.15, -0.1) is 0 Å². The summed E-state index contributed by atoms with van der Waals surface area (Å²) in [6.07, 6.45) is 0. The molecule has 0 saturated carbocycles. The van der Waals surface area contributed by atoms with Gasteiger partial charge in [0.2, 0.25) is 0 Å². The molecule has 0 bridgehead atoms. The molecule has 0 aromatic carbocycles. The van der Waals surface area contributed by atoms with Gasteiger partial charge in [0.05, 0.1) is 0 Å². The Balaban J connectivity index is 2.15. The molecule has 0 radical (unpaired) electrons. The maximum atomic E-state index is 11.2. The van der Waals surface area contributed by atoms with E-state index in [1.807, 2.05) is 21.7 Å². The lowest BCUT2D eigenvalue weighted by Gasteiger charge is -2.32. The molecule has 0 spiro atoms. The van der Waals surface area contributed by atoms with Gasteiger partial charge in [0, 0.05) is 26.2 Å². The van der Waals surface area contributed by atoms with E-state index in [9.17, 15) is 9.90 Å². The Morgan fingerprint density at radius 2 is 2.27 bits per heavy atom. The van der Waals surface area contributed by atoms with E-state index >= 15 is 0 Å². The van der Waals surface area contributed by atoms with Gasteiger partial charge in [-0.25, -0.2) is 0 Å². The van der Waals surface area contributed by atoms with Crippen LogP contribution in [0.15, 0.2) is 16.8 Å². The van der Waals surface area contributed by atoms with Crippen LogP contribution in [-0.4, -0.2) is 42.2 Å². The zero-order valence-electron chi connectivity index (χ0n) is 8.35. The fourth-order valence-corrected chi connectivity index (χ4v) is 2.56. The number of aliphatic carboxylic acids is 1. The summed E-state index contributed by atoms with van der Waals surface area (Å²) in [6, 6.07) is 1.42. The molecule has 1 aliphatic heterocycles. The maximum Gasteiger partial charge on any atom is 0.325 e. The molecule has 0 amide bonds. The second-order valence-electron chi connectivity index (χ2n) is 3.58. The van der Waals surface area contributed by atoms with Gasteiger partial charge in [-0.3, -0.25) is 9.69 Å². The minimum atomic E-state index is -0.754. The van der Waals surface area contributed by atoms with Gasteiger partial charge in [0.1, 0.15) is 6.04 Å². The highest BCUT2D eigenvalue weighted by molar-refractivity contribution is 7.08. The fraction of sp³-hybridized carbons (Fsp3) is 0.500. The van der Waals surface area contributed by atoms with Crippen LogP contribution in [-0.2, 0) is 4.79 Å². The molecule has 1 aromatic heterocycles. The first kappa shape index (κ1) is 10.6. The number of rotatable bonds is 3. The van der Waals surface area contributed by atoms with Crippen LogP contribution in [0.2, 0.25) is 0 Å². The Bertz CT molecular complexity index is 320. The van der Waals surface area contributed by atoms with Crippen LogP contribution in [0, 0.1) is 0 Å². The van der Waals surface area contributed by atoms with Crippen LogP contribution < -0.4 is 5.32 Å². The number of hydrogen-bond acceptors (Lipinski definition) is 4. The van der Waals surface area contributed by atoms with E-state index in [0.717, 1.165) is 31.7 Å². The van der Waals surface area contributed by atoms with Crippen molar-refractivity contribution < 1.29 is 9.90 Å². The number of thiophene rings is 1. The molecule has 0 aliphatic carbocycles. The Kier molecular flexibility index (Phi) is 3.35. The number of hydrogen-bond donors (Lipinski definition) is 2. The number of piperazine rings is 1. The Hall–Kier alpha value is -0.910. The largest absolute Gasteiger partial charge is 0.480 e. The zero-order chi connectivity index (χ0) is 10.7. The van der Waals surface area contributed by atoms with Crippen LogP contribution in [0.4, 0.5) is 0 Å². The first-order chi connectivity index (χ1) is 7.29. The molecule has 1 saturated heterocycles. The summed E-state index contributed by atoms with van der Waals surface area (Å²) in [7, 11) is 0. The minimum absolute atomic E-state index is 0.474. The van der Waals surface area contributed by atoms with E-state index in [1.165, 1.54) is 0 Å².